The fourth-order valence-corrected chi connectivity index (χ4v) is 15.8. The van der Waals surface area contributed by atoms with Crippen LogP contribution < -0.4 is 37.9 Å². The summed E-state index contributed by atoms with van der Waals surface area (Å²) in [5, 5.41) is 0. The number of nitrogens with zero attached hydrogens (tertiary/aromatic N) is 10. The molecular weight excluding hydrogens is 1430 g/mol. The van der Waals surface area contributed by atoms with Crippen molar-refractivity contribution in [2.45, 2.75) is 75.0 Å². The van der Waals surface area contributed by atoms with E-state index in [1.807, 2.05) is 121 Å². The van der Waals surface area contributed by atoms with Crippen molar-refractivity contribution in [1.82, 2.24) is 49.8 Å². The Morgan fingerprint density at radius 3 is 0.571 bits per heavy atom. The standard InChI is InChI=1S/C86H58N10O16/c97-83-63-27-9-28-64(87-63)84(98)102-32-12-16-44-48-35-47-43(15-11-31-101-83)51-37-52-45-17-13-33-103-85(99)65-29-10-30-66(88-65)86(100)104-34-14-18-46-50-36-49(45)69-40-70(50)108-78-82(96-62-26-8-4-22-58(62)92-78)112-74-42-73(53(44)38-54(46)74)111-80-76(90-56-20-2-6-24-60(56)94-80)106-68(48)39-67(47)105-75-79(93-59-23-5-1-19-55(59)89-75)109-71(51)41-72(52)110-81-77(107-69)91-57-21-3-7-25-61(57)95-81/h1-10,19-30,35-46H,11-18,31-34H2. The number of fused-ring (bicyclic) bond motifs is 12. The first-order valence-corrected chi connectivity index (χ1v) is 36.9. The molecular formula is C86H58N10O16. The Hall–Kier alpha value is -14.3. The van der Waals surface area contributed by atoms with Gasteiger partial charge in [-0.15, -0.1) is 0 Å². The third-order valence-electron chi connectivity index (χ3n) is 21.1. The maximum absolute atomic E-state index is 14.2. The Labute approximate surface area is 634 Å². The van der Waals surface area contributed by atoms with Crippen LogP contribution in [0.5, 0.6) is 93.0 Å². The largest absolute Gasteiger partial charge is 0.461 e. The van der Waals surface area contributed by atoms with Crippen LogP contribution >= 0.6 is 0 Å². The van der Waals surface area contributed by atoms with Gasteiger partial charge in [-0.2, -0.15) is 0 Å². The average molecular weight is 1490 g/mol. The maximum atomic E-state index is 14.2. The molecule has 1 aliphatic carbocycles. The number of rotatable bonds is 0. The van der Waals surface area contributed by atoms with Gasteiger partial charge >= 0.3 is 23.9 Å². The molecule has 26 nitrogen and oxygen atoms in total. The van der Waals surface area contributed by atoms with Crippen molar-refractivity contribution in [2.24, 2.45) is 0 Å². The van der Waals surface area contributed by atoms with E-state index in [0.717, 1.165) is 0 Å². The van der Waals surface area contributed by atoms with Gasteiger partial charge < -0.3 is 56.8 Å². The van der Waals surface area contributed by atoms with E-state index in [-0.39, 0.29) is 194 Å². The quantitative estimate of drug-likeness (QED) is 0.101. The molecule has 26 heteroatoms. The molecule has 8 aromatic carbocycles. The van der Waals surface area contributed by atoms with Crippen LogP contribution in [0.3, 0.4) is 0 Å². The summed E-state index contributed by atoms with van der Waals surface area (Å²) in [6, 6.07) is 54.0. The van der Waals surface area contributed by atoms with Gasteiger partial charge in [0.2, 0.25) is 0 Å². The van der Waals surface area contributed by atoms with Crippen LogP contribution in [0.2, 0.25) is 0 Å². The number of hydrogen-bond donors (Lipinski definition) is 0. The van der Waals surface area contributed by atoms with E-state index in [0.29, 0.717) is 88.6 Å². The average Bonchev–Trinajstić information content (AvgIpc) is 1.48. The van der Waals surface area contributed by atoms with E-state index < -0.39 is 47.5 Å². The highest BCUT2D eigenvalue weighted by Gasteiger charge is 2.41. The molecule has 12 heterocycles. The molecule has 0 spiro atoms. The molecule has 14 aromatic rings. The van der Waals surface area contributed by atoms with E-state index in [1.165, 1.54) is 24.3 Å². The molecule has 112 heavy (non-hydrogen) atoms. The molecule has 0 amide bonds. The summed E-state index contributed by atoms with van der Waals surface area (Å²) in [4.78, 5) is 107. The highest BCUT2D eigenvalue weighted by atomic mass is 16.6. The first kappa shape index (κ1) is 65.9. The van der Waals surface area contributed by atoms with E-state index in [2.05, 4.69) is 34.2 Å². The van der Waals surface area contributed by atoms with Gasteiger partial charge in [0.05, 0.1) is 70.6 Å². The second-order valence-electron chi connectivity index (χ2n) is 28.0. The predicted molar refractivity (Wildman–Crippen MR) is 398 cm³/mol. The number of para-hydroxylation sites is 8. The van der Waals surface area contributed by atoms with Gasteiger partial charge in [0, 0.05) is 92.4 Å². The van der Waals surface area contributed by atoms with Crippen molar-refractivity contribution < 1.29 is 76.0 Å². The highest BCUT2D eigenvalue weighted by molar-refractivity contribution is 5.93. The lowest BCUT2D eigenvalue weighted by Crippen LogP contribution is -2.16. The zero-order valence-corrected chi connectivity index (χ0v) is 59.1. The lowest BCUT2D eigenvalue weighted by Gasteiger charge is -2.30. The zero-order chi connectivity index (χ0) is 74.7. The molecule has 21 rings (SSSR count). The van der Waals surface area contributed by atoms with Crippen molar-refractivity contribution >= 4 is 68.0 Å². The molecule has 0 unspecified atom stereocenters. The predicted octanol–water partition coefficient (Wildman–Crippen LogP) is 17.9. The summed E-state index contributed by atoms with van der Waals surface area (Å²) in [7, 11) is 0. The third-order valence-corrected chi connectivity index (χ3v) is 21.1. The Morgan fingerprint density at radius 2 is 0.393 bits per heavy atom. The minimum atomic E-state index is -0.792. The van der Waals surface area contributed by atoms with Crippen molar-refractivity contribution in [3.05, 3.63) is 249 Å². The summed E-state index contributed by atoms with van der Waals surface area (Å²) in [5.74, 6) is -4.24. The summed E-state index contributed by atoms with van der Waals surface area (Å²) >= 11 is 0. The van der Waals surface area contributed by atoms with Gasteiger partial charge in [0.25, 0.3) is 47.0 Å². The molecule has 0 saturated heterocycles. The summed E-state index contributed by atoms with van der Waals surface area (Å²) in [6.45, 7) is -0.517. The second-order valence-corrected chi connectivity index (χ2v) is 28.0. The molecule has 0 radical (unpaired) electrons. The van der Waals surface area contributed by atoms with Crippen molar-refractivity contribution in [3.63, 3.8) is 0 Å². The summed E-state index contributed by atoms with van der Waals surface area (Å²) in [6.07, 6.45) is 1.74. The smallest absolute Gasteiger partial charge is 0.356 e. The molecule has 6 aromatic heterocycles. The molecule has 548 valence electrons. The van der Waals surface area contributed by atoms with Crippen molar-refractivity contribution in [2.75, 3.05) is 26.4 Å². The summed E-state index contributed by atoms with van der Waals surface area (Å²) < 4.78 is 83.5. The van der Waals surface area contributed by atoms with E-state index in [4.69, 9.17) is 96.7 Å². The van der Waals surface area contributed by atoms with E-state index in [1.54, 1.807) is 12.1 Å². The van der Waals surface area contributed by atoms with Crippen LogP contribution in [0.1, 0.15) is 161 Å². The number of benzene rings is 8. The third kappa shape index (κ3) is 11.8. The molecule has 0 N–H and O–H groups in total. The zero-order valence-electron chi connectivity index (χ0n) is 59.1. The van der Waals surface area contributed by atoms with Crippen LogP contribution in [-0.4, -0.2) is 100 Å². The van der Waals surface area contributed by atoms with Gasteiger partial charge in [0.1, 0.15) is 68.8 Å². The first-order valence-electron chi connectivity index (χ1n) is 36.9. The highest BCUT2D eigenvalue weighted by Crippen LogP contribution is 2.59. The van der Waals surface area contributed by atoms with E-state index >= 15 is 0 Å². The normalized spacial score (nSPS) is 18.1. The van der Waals surface area contributed by atoms with E-state index in [9.17, 15) is 19.2 Å². The van der Waals surface area contributed by atoms with Crippen LogP contribution in [0, 0.1) is 0 Å². The number of hydrogen-bond acceptors (Lipinski definition) is 26. The lowest BCUT2D eigenvalue weighted by molar-refractivity contribution is 0.0464. The second kappa shape index (κ2) is 26.8. The molecule has 7 aliphatic rings. The number of carbonyl (C=O) groups excluding carboxylic acids is 4. The number of esters is 4. The molecule has 0 fully saturated rings. The van der Waals surface area contributed by atoms with Crippen molar-refractivity contribution in [1.29, 1.82) is 0 Å². The number of cyclic esters (lactones) is 4. The van der Waals surface area contributed by atoms with Gasteiger partial charge in [0.15, 0.2) is 0 Å². The Kier molecular flexibility index (Phi) is 15.8. The van der Waals surface area contributed by atoms with Crippen LogP contribution in [0.25, 0.3) is 44.1 Å². The number of ether oxygens (including phenoxy) is 12. The van der Waals surface area contributed by atoms with Gasteiger partial charge in [-0.3, -0.25) is 0 Å². The minimum Gasteiger partial charge on any atom is -0.461 e. The lowest BCUT2D eigenvalue weighted by atomic mass is 9.76. The van der Waals surface area contributed by atoms with Crippen LogP contribution in [-0.2, 0) is 18.9 Å². The van der Waals surface area contributed by atoms with Crippen LogP contribution in [0.4, 0.5) is 0 Å². The molecule has 16 bridgehead atoms. The van der Waals surface area contributed by atoms with Crippen LogP contribution in [0.15, 0.2) is 182 Å². The topological polar surface area (TPSA) is 308 Å². The summed E-state index contributed by atoms with van der Waals surface area (Å²) in [5.41, 5.74) is 8.29. The molecule has 0 atom stereocenters. The van der Waals surface area contributed by atoms with Gasteiger partial charge in [-0.25, -0.2) is 69.0 Å². The maximum Gasteiger partial charge on any atom is 0.356 e. The van der Waals surface area contributed by atoms with Gasteiger partial charge in [-0.05, 0) is 148 Å². The number of carbonyl (C=O) groups is 4. The van der Waals surface area contributed by atoms with Gasteiger partial charge in [-0.1, -0.05) is 60.7 Å². The number of aromatic nitrogens is 10. The molecule has 6 aliphatic heterocycles. The van der Waals surface area contributed by atoms with Crippen molar-refractivity contribution in [3.8, 4) is 93.0 Å². The number of pyridine rings is 2. The fourth-order valence-electron chi connectivity index (χ4n) is 15.8. The minimum absolute atomic E-state index is 0.0137. The Morgan fingerprint density at radius 1 is 0.214 bits per heavy atom. The Bertz CT molecular complexity index is 5650. The SMILES string of the molecule is O=C1OCCCC2c3cc4c5cc3Oc3nc6ccccc6nc3Oc3cc6c(cc32)C2CCCOC(=O)c3cccc(n3)C(=O)OCCCC3c7cc2c(cc7Oc2nc7ccccc7nc2Oc2cc(c(cc23)C4CCCOC(=O)c2cccc1n2)Oc1nc2ccccc2nc1O5)Oc1nc2ccccc2nc1O6. The first-order chi connectivity index (χ1) is 55.0. The monoisotopic (exact) mass is 1490 g/mol. The Balaban J connectivity index is 0.914. The fraction of sp³-hybridized carbons (Fsp3) is 0.186. The molecule has 0 saturated carbocycles.